The monoisotopic (exact) mass is 281 g/mol. The predicted molar refractivity (Wildman–Crippen MR) is 82.9 cm³/mol. The average Bonchev–Trinajstić information content (AvgIpc) is 2.79. The van der Waals surface area contributed by atoms with E-state index in [-0.39, 0.29) is 0 Å². The lowest BCUT2D eigenvalue weighted by molar-refractivity contribution is 0.685. The van der Waals surface area contributed by atoms with Gasteiger partial charge in [-0.1, -0.05) is 0 Å². The molecule has 21 heavy (non-hydrogen) atoms. The Morgan fingerprint density at radius 3 is 2.81 bits per heavy atom. The molecular formula is C16H19N5. The molecule has 3 rings (SSSR count). The molecular weight excluding hydrogens is 262 g/mol. The van der Waals surface area contributed by atoms with Crippen molar-refractivity contribution >= 4 is 11.0 Å². The number of pyridine rings is 2. The van der Waals surface area contributed by atoms with E-state index in [2.05, 4.69) is 26.4 Å². The summed E-state index contributed by atoms with van der Waals surface area (Å²) >= 11 is 0. The molecule has 0 aliphatic rings. The Morgan fingerprint density at radius 1 is 1.19 bits per heavy atom. The lowest BCUT2D eigenvalue weighted by Crippen LogP contribution is -2.16. The van der Waals surface area contributed by atoms with Crippen molar-refractivity contribution in [1.82, 2.24) is 25.1 Å². The normalized spacial score (nSPS) is 11.1. The number of nitrogens with one attached hydrogen (secondary N) is 1. The highest BCUT2D eigenvalue weighted by atomic mass is 15.3. The lowest BCUT2D eigenvalue weighted by atomic mass is 10.2. The Morgan fingerprint density at radius 2 is 2.00 bits per heavy atom. The second kappa shape index (κ2) is 6.01. The molecule has 5 nitrogen and oxygen atoms in total. The first-order valence-electron chi connectivity index (χ1n) is 7.12. The largest absolute Gasteiger partial charge is 0.312 e. The maximum atomic E-state index is 4.49. The van der Waals surface area contributed by atoms with E-state index >= 15 is 0 Å². The second-order valence-electron chi connectivity index (χ2n) is 5.21. The topological polar surface area (TPSA) is 55.6 Å². The minimum atomic E-state index is 0.822. The van der Waals surface area contributed by atoms with Crippen molar-refractivity contribution in [2.24, 2.45) is 7.05 Å². The van der Waals surface area contributed by atoms with Crippen LogP contribution in [0.2, 0.25) is 0 Å². The van der Waals surface area contributed by atoms with Gasteiger partial charge in [0.25, 0.3) is 0 Å². The smallest absolute Gasteiger partial charge is 0.157 e. The van der Waals surface area contributed by atoms with Crippen molar-refractivity contribution in [2.45, 2.75) is 19.9 Å². The summed E-state index contributed by atoms with van der Waals surface area (Å²) in [5, 5.41) is 8.98. The molecule has 0 saturated carbocycles. The predicted octanol–water partition coefficient (Wildman–Crippen LogP) is 2.00. The molecule has 0 aliphatic heterocycles. The summed E-state index contributed by atoms with van der Waals surface area (Å²) in [7, 11) is 1.93. The van der Waals surface area contributed by atoms with Gasteiger partial charge in [0.1, 0.15) is 0 Å². The molecule has 3 heterocycles. The molecule has 0 radical (unpaired) electrons. The number of hydrogen-bond acceptors (Lipinski definition) is 4. The number of rotatable bonds is 5. The van der Waals surface area contributed by atoms with Gasteiger partial charge in [-0.15, -0.1) is 0 Å². The second-order valence-corrected chi connectivity index (χ2v) is 5.21. The number of fused-ring (bicyclic) bond motifs is 1. The van der Waals surface area contributed by atoms with Crippen LogP contribution >= 0.6 is 0 Å². The molecule has 0 bridgehead atoms. The molecule has 108 valence electrons. The van der Waals surface area contributed by atoms with Crippen LogP contribution in [0.4, 0.5) is 0 Å². The molecule has 3 aromatic rings. The van der Waals surface area contributed by atoms with Crippen LogP contribution in [0.25, 0.3) is 11.0 Å². The van der Waals surface area contributed by atoms with Gasteiger partial charge in [0.05, 0.1) is 5.69 Å². The van der Waals surface area contributed by atoms with Crippen LogP contribution in [0.3, 0.4) is 0 Å². The first kappa shape index (κ1) is 13.7. The zero-order valence-electron chi connectivity index (χ0n) is 12.4. The van der Waals surface area contributed by atoms with Crippen LogP contribution < -0.4 is 5.32 Å². The summed E-state index contributed by atoms with van der Waals surface area (Å²) in [4.78, 5) is 8.51. The summed E-state index contributed by atoms with van der Waals surface area (Å²) in [6.45, 7) is 3.78. The fourth-order valence-corrected chi connectivity index (χ4v) is 2.46. The van der Waals surface area contributed by atoms with Gasteiger partial charge in [-0.05, 0) is 49.2 Å². The third-order valence-electron chi connectivity index (χ3n) is 3.59. The van der Waals surface area contributed by atoms with Gasteiger partial charge in [-0.2, -0.15) is 5.10 Å². The van der Waals surface area contributed by atoms with Crippen LogP contribution in [-0.2, 0) is 20.0 Å². The van der Waals surface area contributed by atoms with Crippen molar-refractivity contribution < 1.29 is 0 Å². The van der Waals surface area contributed by atoms with Crippen molar-refractivity contribution in [3.63, 3.8) is 0 Å². The summed E-state index contributed by atoms with van der Waals surface area (Å²) < 4.78 is 1.82. The molecule has 1 N–H and O–H groups in total. The van der Waals surface area contributed by atoms with Crippen LogP contribution in [-0.4, -0.2) is 26.3 Å². The molecule has 0 fully saturated rings. The molecule has 0 aliphatic carbocycles. The van der Waals surface area contributed by atoms with Gasteiger partial charge < -0.3 is 5.32 Å². The molecule has 3 aromatic heterocycles. The maximum Gasteiger partial charge on any atom is 0.157 e. The van der Waals surface area contributed by atoms with Gasteiger partial charge >= 0.3 is 0 Å². The molecule has 0 spiro atoms. The van der Waals surface area contributed by atoms with E-state index in [0.717, 1.165) is 36.2 Å². The average molecular weight is 281 g/mol. The van der Waals surface area contributed by atoms with E-state index < -0.39 is 0 Å². The fourth-order valence-electron chi connectivity index (χ4n) is 2.46. The zero-order chi connectivity index (χ0) is 14.7. The van der Waals surface area contributed by atoms with Gasteiger partial charge in [0, 0.05) is 37.6 Å². The Hall–Kier alpha value is -2.27. The standard InChI is InChI=1S/C16H19N5/c1-12-15-9-14(11-19-16(15)21(2)20-12)10-18-8-5-13-3-6-17-7-4-13/h3-4,6-7,9,11,18H,5,8,10H2,1-2H3. The molecule has 0 saturated heterocycles. The Kier molecular flexibility index (Phi) is 3.92. The third-order valence-corrected chi connectivity index (χ3v) is 3.59. The Balaban J connectivity index is 1.59. The van der Waals surface area contributed by atoms with E-state index in [1.54, 1.807) is 0 Å². The quantitative estimate of drug-likeness (QED) is 0.727. The highest BCUT2D eigenvalue weighted by Crippen LogP contribution is 2.16. The fraction of sp³-hybridized carbons (Fsp3) is 0.312. The summed E-state index contributed by atoms with van der Waals surface area (Å²) in [5.74, 6) is 0. The van der Waals surface area contributed by atoms with Gasteiger partial charge in [0.2, 0.25) is 0 Å². The van der Waals surface area contributed by atoms with E-state index in [0.29, 0.717) is 0 Å². The minimum Gasteiger partial charge on any atom is -0.312 e. The molecule has 0 aromatic carbocycles. The number of aromatic nitrogens is 4. The Labute approximate surface area is 124 Å². The maximum absolute atomic E-state index is 4.49. The van der Waals surface area contributed by atoms with E-state index in [9.17, 15) is 0 Å². The number of hydrogen-bond donors (Lipinski definition) is 1. The first-order valence-corrected chi connectivity index (χ1v) is 7.12. The lowest BCUT2D eigenvalue weighted by Gasteiger charge is -2.05. The van der Waals surface area contributed by atoms with Crippen molar-refractivity contribution in [2.75, 3.05) is 6.54 Å². The molecule has 0 atom stereocenters. The van der Waals surface area contributed by atoms with Crippen LogP contribution in [0.5, 0.6) is 0 Å². The van der Waals surface area contributed by atoms with Crippen molar-refractivity contribution in [1.29, 1.82) is 0 Å². The summed E-state index contributed by atoms with van der Waals surface area (Å²) in [5.41, 5.74) is 4.45. The van der Waals surface area contributed by atoms with Gasteiger partial charge in [-0.25, -0.2) is 4.98 Å². The highest BCUT2D eigenvalue weighted by Gasteiger charge is 2.06. The molecule has 0 unspecified atom stereocenters. The molecule has 5 heteroatoms. The van der Waals surface area contributed by atoms with E-state index in [4.69, 9.17) is 0 Å². The van der Waals surface area contributed by atoms with Gasteiger partial charge in [0.15, 0.2) is 5.65 Å². The van der Waals surface area contributed by atoms with E-state index in [1.165, 1.54) is 11.1 Å². The van der Waals surface area contributed by atoms with Crippen molar-refractivity contribution in [3.05, 3.63) is 53.6 Å². The first-order chi connectivity index (χ1) is 10.2. The van der Waals surface area contributed by atoms with Crippen LogP contribution in [0.1, 0.15) is 16.8 Å². The van der Waals surface area contributed by atoms with Crippen molar-refractivity contribution in [3.8, 4) is 0 Å². The summed E-state index contributed by atoms with van der Waals surface area (Å²) in [6, 6.07) is 6.27. The van der Waals surface area contributed by atoms with Gasteiger partial charge in [-0.3, -0.25) is 9.67 Å². The van der Waals surface area contributed by atoms with E-state index in [1.807, 2.05) is 49.4 Å². The minimum absolute atomic E-state index is 0.822. The SMILES string of the molecule is Cc1nn(C)c2ncc(CNCCc3ccncc3)cc12. The molecule has 0 amide bonds. The zero-order valence-corrected chi connectivity index (χ0v) is 12.4. The highest BCUT2D eigenvalue weighted by molar-refractivity contribution is 5.78. The third kappa shape index (κ3) is 3.08. The summed E-state index contributed by atoms with van der Waals surface area (Å²) in [6.07, 6.45) is 6.59. The Bertz CT molecular complexity index is 733. The van der Waals surface area contributed by atoms with Crippen LogP contribution in [0.15, 0.2) is 36.8 Å². The van der Waals surface area contributed by atoms with Crippen LogP contribution in [0, 0.1) is 6.92 Å². The number of aryl methyl sites for hydroxylation is 2. The number of nitrogens with zero attached hydrogens (tertiary/aromatic N) is 4.